The minimum atomic E-state index is -0.806. The zero-order valence-electron chi connectivity index (χ0n) is 7.00. The summed E-state index contributed by atoms with van der Waals surface area (Å²) in [5.41, 5.74) is 0. The van der Waals surface area contributed by atoms with Gasteiger partial charge < -0.3 is 10.4 Å². The Labute approximate surface area is 75.7 Å². The van der Waals surface area contributed by atoms with Gasteiger partial charge in [-0.1, -0.05) is 0 Å². The molecule has 0 bridgehead atoms. The van der Waals surface area contributed by atoms with Crippen molar-refractivity contribution in [1.29, 1.82) is 0 Å². The number of nitrogens with one attached hydrogen (secondary N) is 1. The Balaban J connectivity index is 3.11. The first-order valence-corrected chi connectivity index (χ1v) is 4.82. The number of hydrogen-bond donors (Lipinski definition) is 2. The van der Waals surface area contributed by atoms with Crippen LogP contribution in [0.15, 0.2) is 0 Å². The lowest BCUT2D eigenvalue weighted by Crippen LogP contribution is -2.17. The van der Waals surface area contributed by atoms with E-state index in [1.165, 1.54) is 11.8 Å². The molecule has 0 aliphatic carbocycles. The summed E-state index contributed by atoms with van der Waals surface area (Å²) in [7, 11) is 1.59. The van der Waals surface area contributed by atoms with Gasteiger partial charge in [-0.2, -0.15) is 11.8 Å². The van der Waals surface area contributed by atoms with Gasteiger partial charge in [0.2, 0.25) is 5.91 Å². The largest absolute Gasteiger partial charge is 0.481 e. The van der Waals surface area contributed by atoms with E-state index in [1.54, 1.807) is 7.05 Å². The molecule has 0 unspecified atom stereocenters. The molecule has 5 heteroatoms. The van der Waals surface area contributed by atoms with Crippen molar-refractivity contribution in [2.45, 2.75) is 12.8 Å². The molecular weight excluding hydrogens is 178 g/mol. The monoisotopic (exact) mass is 191 g/mol. The third-order valence-corrected chi connectivity index (χ3v) is 2.23. The van der Waals surface area contributed by atoms with Crippen molar-refractivity contribution < 1.29 is 14.7 Å². The van der Waals surface area contributed by atoms with Gasteiger partial charge in [-0.25, -0.2) is 0 Å². The van der Waals surface area contributed by atoms with E-state index in [0.29, 0.717) is 6.42 Å². The number of aliphatic carboxylic acids is 1. The number of thioether (sulfide) groups is 1. The molecule has 0 aromatic rings. The van der Waals surface area contributed by atoms with Gasteiger partial charge in [0.25, 0.3) is 0 Å². The molecule has 12 heavy (non-hydrogen) atoms. The Morgan fingerprint density at radius 2 is 2.17 bits per heavy atom. The molecule has 0 rings (SSSR count). The highest BCUT2D eigenvalue weighted by molar-refractivity contribution is 7.99. The minimum Gasteiger partial charge on any atom is -0.481 e. The average molecular weight is 191 g/mol. The number of carboxylic acid groups (broad SMARTS) is 1. The summed E-state index contributed by atoms with van der Waals surface area (Å²) in [6.45, 7) is 0. The van der Waals surface area contributed by atoms with Gasteiger partial charge in [0.05, 0.1) is 5.75 Å². The van der Waals surface area contributed by atoms with Gasteiger partial charge in [-0.3, -0.25) is 9.59 Å². The Kier molecular flexibility index (Phi) is 6.55. The highest BCUT2D eigenvalue weighted by Gasteiger charge is 1.99. The molecule has 4 nitrogen and oxygen atoms in total. The summed E-state index contributed by atoms with van der Waals surface area (Å²) in [6.07, 6.45) is 1.21. The van der Waals surface area contributed by atoms with Crippen LogP contribution in [0.4, 0.5) is 0 Å². The van der Waals surface area contributed by atoms with Gasteiger partial charge in [-0.15, -0.1) is 0 Å². The first-order valence-electron chi connectivity index (χ1n) is 3.67. The van der Waals surface area contributed by atoms with Crippen LogP contribution in [-0.2, 0) is 9.59 Å². The number of carboxylic acids is 1. The number of hydrogen-bond acceptors (Lipinski definition) is 3. The average Bonchev–Trinajstić information content (AvgIpc) is 2.03. The van der Waals surface area contributed by atoms with E-state index in [9.17, 15) is 9.59 Å². The first kappa shape index (κ1) is 11.3. The van der Waals surface area contributed by atoms with Crippen LogP contribution in [0, 0.1) is 0 Å². The summed E-state index contributed by atoms with van der Waals surface area (Å²) < 4.78 is 0. The molecule has 2 N–H and O–H groups in total. The number of carbonyl (C=O) groups is 2. The molecule has 0 atom stereocenters. The highest BCUT2D eigenvalue weighted by Crippen LogP contribution is 2.03. The van der Waals surface area contributed by atoms with Crippen molar-refractivity contribution in [3.63, 3.8) is 0 Å². The van der Waals surface area contributed by atoms with E-state index in [4.69, 9.17) is 5.11 Å². The topological polar surface area (TPSA) is 66.4 Å². The molecule has 0 aromatic carbocycles. The fourth-order valence-electron chi connectivity index (χ4n) is 0.619. The molecule has 0 aromatic heterocycles. The van der Waals surface area contributed by atoms with Crippen LogP contribution >= 0.6 is 11.8 Å². The van der Waals surface area contributed by atoms with Crippen molar-refractivity contribution in [3.8, 4) is 0 Å². The molecule has 0 fully saturated rings. The third-order valence-electron chi connectivity index (χ3n) is 1.20. The van der Waals surface area contributed by atoms with Gasteiger partial charge in [0.15, 0.2) is 0 Å². The predicted octanol–water partition coefficient (Wildman–Crippen LogP) is 0.330. The molecule has 0 saturated heterocycles. The van der Waals surface area contributed by atoms with Gasteiger partial charge in [-0.05, 0) is 12.2 Å². The SMILES string of the molecule is CNC(=O)CCCSCC(=O)O. The molecule has 70 valence electrons. The smallest absolute Gasteiger partial charge is 0.313 e. The lowest BCUT2D eigenvalue weighted by Gasteiger charge is -1.98. The second-order valence-electron chi connectivity index (χ2n) is 2.22. The standard InChI is InChI=1S/C7H13NO3S/c1-8-6(9)3-2-4-12-5-7(10)11/h2-5H2,1H3,(H,8,9)(H,10,11). The Hall–Kier alpha value is -0.710. The van der Waals surface area contributed by atoms with E-state index in [0.717, 1.165) is 12.2 Å². The van der Waals surface area contributed by atoms with Gasteiger partial charge in [0, 0.05) is 13.5 Å². The maximum Gasteiger partial charge on any atom is 0.313 e. The lowest BCUT2D eigenvalue weighted by atomic mass is 10.3. The molecule has 1 amide bonds. The number of amides is 1. The fourth-order valence-corrected chi connectivity index (χ4v) is 1.29. The van der Waals surface area contributed by atoms with Gasteiger partial charge in [0.1, 0.15) is 0 Å². The van der Waals surface area contributed by atoms with E-state index in [1.807, 2.05) is 0 Å². The zero-order valence-corrected chi connectivity index (χ0v) is 7.82. The van der Waals surface area contributed by atoms with E-state index >= 15 is 0 Å². The highest BCUT2D eigenvalue weighted by atomic mass is 32.2. The lowest BCUT2D eigenvalue weighted by molar-refractivity contribution is -0.133. The van der Waals surface area contributed by atoms with Crippen molar-refractivity contribution in [2.24, 2.45) is 0 Å². The molecule has 0 spiro atoms. The van der Waals surface area contributed by atoms with Crippen molar-refractivity contribution in [3.05, 3.63) is 0 Å². The molecule has 0 aliphatic heterocycles. The second-order valence-corrected chi connectivity index (χ2v) is 3.33. The van der Waals surface area contributed by atoms with E-state index in [2.05, 4.69) is 5.32 Å². The maximum atomic E-state index is 10.7. The van der Waals surface area contributed by atoms with Crippen LogP contribution in [0.1, 0.15) is 12.8 Å². The summed E-state index contributed by atoms with van der Waals surface area (Å²) in [5, 5.41) is 10.8. The van der Waals surface area contributed by atoms with Crippen molar-refractivity contribution >= 4 is 23.6 Å². The summed E-state index contributed by atoms with van der Waals surface area (Å²) in [5.74, 6) is 0.0406. The van der Waals surface area contributed by atoms with Gasteiger partial charge >= 0.3 is 5.97 Å². The van der Waals surface area contributed by atoms with Crippen LogP contribution in [0.5, 0.6) is 0 Å². The third kappa shape index (κ3) is 7.40. The van der Waals surface area contributed by atoms with E-state index in [-0.39, 0.29) is 11.7 Å². The molecule has 0 heterocycles. The molecular formula is C7H13NO3S. The zero-order chi connectivity index (χ0) is 9.40. The van der Waals surface area contributed by atoms with Crippen LogP contribution in [0.25, 0.3) is 0 Å². The maximum absolute atomic E-state index is 10.7. The normalized spacial score (nSPS) is 9.42. The van der Waals surface area contributed by atoms with Crippen molar-refractivity contribution in [1.82, 2.24) is 5.32 Å². The quantitative estimate of drug-likeness (QED) is 0.594. The predicted molar refractivity (Wildman–Crippen MR) is 48.3 cm³/mol. The van der Waals surface area contributed by atoms with Crippen LogP contribution < -0.4 is 5.32 Å². The molecule has 0 radical (unpaired) electrons. The summed E-state index contributed by atoms with van der Waals surface area (Å²) in [6, 6.07) is 0. The van der Waals surface area contributed by atoms with Crippen LogP contribution in [-0.4, -0.2) is 35.5 Å². The van der Waals surface area contributed by atoms with Crippen LogP contribution in [0.2, 0.25) is 0 Å². The van der Waals surface area contributed by atoms with E-state index < -0.39 is 5.97 Å². The Bertz CT molecular complexity index is 161. The Morgan fingerprint density at radius 1 is 1.50 bits per heavy atom. The summed E-state index contributed by atoms with van der Waals surface area (Å²) >= 11 is 1.33. The molecule has 0 saturated carbocycles. The number of carbonyl (C=O) groups excluding carboxylic acids is 1. The van der Waals surface area contributed by atoms with Crippen LogP contribution in [0.3, 0.4) is 0 Å². The minimum absolute atomic E-state index is 0.00549. The van der Waals surface area contributed by atoms with Crippen molar-refractivity contribution in [2.75, 3.05) is 18.6 Å². The number of rotatable bonds is 6. The second kappa shape index (κ2) is 6.97. The Morgan fingerprint density at radius 3 is 2.67 bits per heavy atom. The molecule has 0 aliphatic rings. The first-order chi connectivity index (χ1) is 5.66. The fraction of sp³-hybridized carbons (Fsp3) is 0.714. The summed E-state index contributed by atoms with van der Waals surface area (Å²) in [4.78, 5) is 20.7.